The summed E-state index contributed by atoms with van der Waals surface area (Å²) in [7, 11) is 3.19. The van der Waals surface area contributed by atoms with Gasteiger partial charge in [-0.05, 0) is 38.8 Å². The average Bonchev–Trinajstić information content (AvgIpc) is 3.05. The van der Waals surface area contributed by atoms with Crippen molar-refractivity contribution in [2.75, 3.05) is 13.1 Å². The second-order valence-electron chi connectivity index (χ2n) is 8.87. The van der Waals surface area contributed by atoms with Gasteiger partial charge in [-0.15, -0.1) is 0 Å². The normalized spacial score (nSPS) is 19.9. The largest absolute Gasteiger partial charge is 0.373 e. The average molecular weight is 426 g/mol. The summed E-state index contributed by atoms with van der Waals surface area (Å²) in [5.74, 6) is 0.788. The standard InChI is InChI=1S/C23H31N5O3/c1-14-7-8-15(2)18(9-14)12-28-19(13-27-10-16(3)31-17(4)11-27)24-21-20(28)22(29)26(6)23(30)25(21)5/h7-9,16-17H,10-13H2,1-6H3. The molecule has 0 aliphatic carbocycles. The van der Waals surface area contributed by atoms with E-state index in [1.165, 1.54) is 17.2 Å². The maximum atomic E-state index is 13.1. The monoisotopic (exact) mass is 425 g/mol. The third-order valence-electron chi connectivity index (χ3n) is 6.12. The fourth-order valence-corrected chi connectivity index (χ4v) is 4.54. The minimum Gasteiger partial charge on any atom is -0.373 e. The number of imidazole rings is 1. The van der Waals surface area contributed by atoms with E-state index in [4.69, 9.17) is 9.72 Å². The van der Waals surface area contributed by atoms with Crippen LogP contribution in [0.5, 0.6) is 0 Å². The molecule has 166 valence electrons. The molecule has 3 heterocycles. The van der Waals surface area contributed by atoms with Gasteiger partial charge in [0.05, 0.1) is 18.8 Å². The quantitative estimate of drug-likeness (QED) is 0.636. The molecule has 0 N–H and O–H groups in total. The van der Waals surface area contributed by atoms with Gasteiger partial charge in [0.25, 0.3) is 5.56 Å². The minimum atomic E-state index is -0.367. The van der Waals surface area contributed by atoms with Crippen molar-refractivity contribution >= 4 is 11.2 Å². The summed E-state index contributed by atoms with van der Waals surface area (Å²) >= 11 is 0. The molecule has 4 rings (SSSR count). The Balaban J connectivity index is 1.88. The van der Waals surface area contributed by atoms with Crippen LogP contribution >= 0.6 is 0 Å². The number of rotatable bonds is 4. The van der Waals surface area contributed by atoms with E-state index >= 15 is 0 Å². The molecule has 1 aromatic carbocycles. The van der Waals surface area contributed by atoms with Crippen LogP contribution in [0.3, 0.4) is 0 Å². The van der Waals surface area contributed by atoms with Gasteiger partial charge < -0.3 is 9.30 Å². The zero-order valence-electron chi connectivity index (χ0n) is 19.2. The highest BCUT2D eigenvalue weighted by atomic mass is 16.5. The van der Waals surface area contributed by atoms with Gasteiger partial charge in [-0.1, -0.05) is 23.8 Å². The van der Waals surface area contributed by atoms with Crippen molar-refractivity contribution in [2.24, 2.45) is 14.1 Å². The Morgan fingerprint density at radius 3 is 2.39 bits per heavy atom. The van der Waals surface area contributed by atoms with E-state index in [-0.39, 0.29) is 23.5 Å². The predicted molar refractivity (Wildman–Crippen MR) is 121 cm³/mol. The maximum absolute atomic E-state index is 13.1. The van der Waals surface area contributed by atoms with Crippen LogP contribution in [0.1, 0.15) is 36.4 Å². The molecular weight excluding hydrogens is 394 g/mol. The topological polar surface area (TPSA) is 74.3 Å². The molecule has 1 aliphatic heterocycles. The summed E-state index contributed by atoms with van der Waals surface area (Å²) in [5, 5.41) is 0. The molecule has 0 radical (unpaired) electrons. The second-order valence-corrected chi connectivity index (χ2v) is 8.87. The molecule has 3 aromatic rings. The van der Waals surface area contributed by atoms with Crippen molar-refractivity contribution in [1.82, 2.24) is 23.6 Å². The number of nitrogens with zero attached hydrogens (tertiary/aromatic N) is 5. The number of hydrogen-bond donors (Lipinski definition) is 0. The number of benzene rings is 1. The Hall–Kier alpha value is -2.71. The van der Waals surface area contributed by atoms with Crippen LogP contribution in [-0.2, 0) is 31.9 Å². The molecule has 0 spiro atoms. The van der Waals surface area contributed by atoms with Crippen molar-refractivity contribution in [2.45, 2.75) is 53.0 Å². The molecule has 0 amide bonds. The van der Waals surface area contributed by atoms with Crippen LogP contribution in [0.15, 0.2) is 27.8 Å². The lowest BCUT2D eigenvalue weighted by Gasteiger charge is -2.35. The zero-order chi connectivity index (χ0) is 22.4. The number of ether oxygens (including phenoxy) is 1. The summed E-state index contributed by atoms with van der Waals surface area (Å²) in [6.45, 7) is 11.0. The van der Waals surface area contributed by atoms with Crippen LogP contribution in [-0.4, -0.2) is 48.9 Å². The number of aryl methyl sites for hydroxylation is 3. The van der Waals surface area contributed by atoms with Crippen molar-refractivity contribution in [3.05, 3.63) is 61.6 Å². The van der Waals surface area contributed by atoms with Gasteiger partial charge in [-0.3, -0.25) is 18.8 Å². The molecule has 0 bridgehead atoms. The first kappa shape index (κ1) is 21.5. The van der Waals surface area contributed by atoms with E-state index in [1.54, 1.807) is 7.05 Å². The summed E-state index contributed by atoms with van der Waals surface area (Å²) in [4.78, 5) is 32.7. The van der Waals surface area contributed by atoms with E-state index in [2.05, 4.69) is 50.8 Å². The molecule has 2 aromatic heterocycles. The summed E-state index contributed by atoms with van der Waals surface area (Å²) in [5.41, 5.74) is 3.69. The lowest BCUT2D eigenvalue weighted by atomic mass is 10.1. The van der Waals surface area contributed by atoms with Gasteiger partial charge in [0.1, 0.15) is 5.82 Å². The molecule has 1 fully saturated rings. The maximum Gasteiger partial charge on any atom is 0.332 e. The Bertz CT molecular complexity index is 1240. The van der Waals surface area contributed by atoms with E-state index in [0.29, 0.717) is 24.3 Å². The molecule has 31 heavy (non-hydrogen) atoms. The first-order valence-electron chi connectivity index (χ1n) is 10.7. The van der Waals surface area contributed by atoms with Crippen molar-refractivity contribution in [3.63, 3.8) is 0 Å². The summed E-state index contributed by atoms with van der Waals surface area (Å²) in [6, 6.07) is 6.34. The first-order valence-corrected chi connectivity index (χ1v) is 10.7. The van der Waals surface area contributed by atoms with Crippen LogP contribution in [0, 0.1) is 13.8 Å². The lowest BCUT2D eigenvalue weighted by molar-refractivity contribution is -0.0712. The zero-order valence-corrected chi connectivity index (χ0v) is 19.2. The minimum absolute atomic E-state index is 0.137. The summed E-state index contributed by atoms with van der Waals surface area (Å²) < 4.78 is 10.5. The smallest absolute Gasteiger partial charge is 0.332 e. The van der Waals surface area contributed by atoms with E-state index in [1.807, 2.05) is 4.57 Å². The van der Waals surface area contributed by atoms with Crippen LogP contribution in [0.4, 0.5) is 0 Å². The van der Waals surface area contributed by atoms with Gasteiger partial charge in [0, 0.05) is 33.7 Å². The molecule has 1 aliphatic rings. The van der Waals surface area contributed by atoms with Gasteiger partial charge in [-0.25, -0.2) is 9.78 Å². The Morgan fingerprint density at radius 1 is 1.03 bits per heavy atom. The molecule has 2 unspecified atom stereocenters. The first-order chi connectivity index (χ1) is 14.7. The van der Waals surface area contributed by atoms with Crippen LogP contribution < -0.4 is 11.2 Å². The predicted octanol–water partition coefficient (Wildman–Crippen LogP) is 1.71. The Morgan fingerprint density at radius 2 is 1.71 bits per heavy atom. The highest BCUT2D eigenvalue weighted by Crippen LogP contribution is 2.20. The molecular formula is C23H31N5O3. The highest BCUT2D eigenvalue weighted by Gasteiger charge is 2.26. The summed E-state index contributed by atoms with van der Waals surface area (Å²) in [6.07, 6.45) is 0.274. The van der Waals surface area contributed by atoms with E-state index in [0.717, 1.165) is 34.6 Å². The molecule has 8 heteroatoms. The van der Waals surface area contributed by atoms with Gasteiger partial charge in [-0.2, -0.15) is 0 Å². The number of hydrogen-bond acceptors (Lipinski definition) is 5. The number of aromatic nitrogens is 4. The van der Waals surface area contributed by atoms with Crippen LogP contribution in [0.25, 0.3) is 11.2 Å². The van der Waals surface area contributed by atoms with Crippen molar-refractivity contribution in [3.8, 4) is 0 Å². The molecule has 8 nitrogen and oxygen atoms in total. The van der Waals surface area contributed by atoms with Crippen molar-refractivity contribution in [1.29, 1.82) is 0 Å². The third-order valence-corrected chi connectivity index (χ3v) is 6.12. The van der Waals surface area contributed by atoms with Gasteiger partial charge in [0.15, 0.2) is 11.2 Å². The third kappa shape index (κ3) is 3.97. The van der Waals surface area contributed by atoms with Gasteiger partial charge >= 0.3 is 5.69 Å². The van der Waals surface area contributed by atoms with E-state index in [9.17, 15) is 9.59 Å². The molecule has 0 saturated carbocycles. The Labute approximate surface area is 181 Å². The number of morpholine rings is 1. The second kappa shape index (κ2) is 8.09. The SMILES string of the molecule is Cc1ccc(C)c(Cn2c(CN3CC(C)OC(C)C3)nc3c2c(=O)n(C)c(=O)n3C)c1. The fourth-order valence-electron chi connectivity index (χ4n) is 4.54. The highest BCUT2D eigenvalue weighted by molar-refractivity contribution is 5.71. The molecule has 1 saturated heterocycles. The molecule has 2 atom stereocenters. The van der Waals surface area contributed by atoms with Crippen molar-refractivity contribution < 1.29 is 4.74 Å². The van der Waals surface area contributed by atoms with Gasteiger partial charge in [0.2, 0.25) is 0 Å². The fraction of sp³-hybridized carbons (Fsp3) is 0.522. The Kier molecular flexibility index (Phi) is 5.61. The lowest BCUT2D eigenvalue weighted by Crippen LogP contribution is -2.45. The number of fused-ring (bicyclic) bond motifs is 1. The van der Waals surface area contributed by atoms with E-state index < -0.39 is 0 Å². The van der Waals surface area contributed by atoms with Crippen LogP contribution in [0.2, 0.25) is 0 Å².